The van der Waals surface area contributed by atoms with Crippen LogP contribution >= 0.6 is 11.8 Å². The summed E-state index contributed by atoms with van der Waals surface area (Å²) in [6.45, 7) is 3.73. The van der Waals surface area contributed by atoms with Crippen LogP contribution in [0.4, 0.5) is 0 Å². The van der Waals surface area contributed by atoms with Crippen molar-refractivity contribution < 1.29 is 4.79 Å². The molecule has 0 saturated carbocycles. The van der Waals surface area contributed by atoms with Crippen molar-refractivity contribution in [3.63, 3.8) is 0 Å². The van der Waals surface area contributed by atoms with Gasteiger partial charge in [0.1, 0.15) is 5.69 Å². The minimum Gasteiger partial charge on any atom is -0.336 e. The Morgan fingerprint density at radius 2 is 2.33 bits per heavy atom. The molecule has 1 aromatic rings. The fourth-order valence-electron chi connectivity index (χ4n) is 1.58. The molecule has 0 unspecified atom stereocenters. The molecule has 0 atom stereocenters. The summed E-state index contributed by atoms with van der Waals surface area (Å²) < 4.78 is 0. The molecule has 0 aliphatic carbocycles. The molecule has 0 bridgehead atoms. The van der Waals surface area contributed by atoms with E-state index in [9.17, 15) is 4.79 Å². The maximum absolute atomic E-state index is 12.0. The second-order valence-corrected chi connectivity index (χ2v) is 4.76. The van der Waals surface area contributed by atoms with Crippen LogP contribution in [0.2, 0.25) is 0 Å². The van der Waals surface area contributed by atoms with E-state index in [0.717, 1.165) is 36.7 Å². The predicted molar refractivity (Wildman–Crippen MR) is 61.2 cm³/mol. The highest BCUT2D eigenvalue weighted by Gasteiger charge is 2.20. The van der Waals surface area contributed by atoms with Crippen molar-refractivity contribution >= 4 is 17.7 Å². The van der Waals surface area contributed by atoms with Gasteiger partial charge in [0.15, 0.2) is 0 Å². The van der Waals surface area contributed by atoms with Gasteiger partial charge in [0.2, 0.25) is 0 Å². The van der Waals surface area contributed by atoms with Crippen molar-refractivity contribution in [1.29, 1.82) is 0 Å². The first-order chi connectivity index (χ1) is 7.31. The van der Waals surface area contributed by atoms with Crippen LogP contribution in [-0.4, -0.2) is 45.6 Å². The first-order valence-corrected chi connectivity index (χ1v) is 6.38. The van der Waals surface area contributed by atoms with E-state index >= 15 is 0 Å². The number of nitrogens with zero attached hydrogens (tertiary/aromatic N) is 2. The molecule has 1 aliphatic rings. The Kier molecular flexibility index (Phi) is 3.30. The van der Waals surface area contributed by atoms with Gasteiger partial charge in [0.25, 0.3) is 5.91 Å². The predicted octanol–water partition coefficient (Wildman–Crippen LogP) is 1.16. The number of rotatable bonds is 2. The van der Waals surface area contributed by atoms with Crippen LogP contribution in [0.3, 0.4) is 0 Å². The molecule has 2 rings (SSSR count). The fraction of sp³-hybridized carbons (Fsp3) is 0.600. The molecule has 1 saturated heterocycles. The first kappa shape index (κ1) is 10.5. The molecule has 1 aromatic heterocycles. The number of hydrogen-bond donors (Lipinski definition) is 1. The second kappa shape index (κ2) is 4.70. The fourth-order valence-corrected chi connectivity index (χ4v) is 2.48. The standard InChI is InChI=1S/C10H15N3OS/c1-2-8-7-9(12-11-8)10(14)13-3-5-15-6-4-13/h7H,2-6H2,1H3,(H,11,12). The molecule has 1 N–H and O–H groups in total. The lowest BCUT2D eigenvalue weighted by Gasteiger charge is -2.25. The maximum atomic E-state index is 12.0. The molecule has 82 valence electrons. The van der Waals surface area contributed by atoms with Crippen molar-refractivity contribution in [3.8, 4) is 0 Å². The second-order valence-electron chi connectivity index (χ2n) is 3.54. The average molecular weight is 225 g/mol. The van der Waals surface area contributed by atoms with Gasteiger partial charge in [0.05, 0.1) is 0 Å². The highest BCUT2D eigenvalue weighted by atomic mass is 32.2. The molecule has 0 aromatic carbocycles. The Hall–Kier alpha value is -0.970. The van der Waals surface area contributed by atoms with Crippen molar-refractivity contribution in [2.75, 3.05) is 24.6 Å². The molecule has 1 fully saturated rings. The molecule has 0 radical (unpaired) electrons. The van der Waals surface area contributed by atoms with Crippen LogP contribution in [0.1, 0.15) is 23.1 Å². The van der Waals surface area contributed by atoms with Gasteiger partial charge in [-0.05, 0) is 12.5 Å². The van der Waals surface area contributed by atoms with E-state index in [2.05, 4.69) is 10.2 Å². The van der Waals surface area contributed by atoms with Gasteiger partial charge in [-0.3, -0.25) is 9.89 Å². The van der Waals surface area contributed by atoms with E-state index in [1.54, 1.807) is 0 Å². The van der Waals surface area contributed by atoms with Crippen molar-refractivity contribution in [3.05, 3.63) is 17.5 Å². The zero-order valence-corrected chi connectivity index (χ0v) is 9.64. The highest BCUT2D eigenvalue weighted by Crippen LogP contribution is 2.12. The normalized spacial score (nSPS) is 16.7. The maximum Gasteiger partial charge on any atom is 0.274 e. The number of amides is 1. The van der Waals surface area contributed by atoms with Crippen LogP contribution in [0.15, 0.2) is 6.07 Å². The number of carbonyl (C=O) groups excluding carboxylic acids is 1. The summed E-state index contributed by atoms with van der Waals surface area (Å²) in [6, 6.07) is 1.85. The Balaban J connectivity index is 2.05. The van der Waals surface area contributed by atoms with E-state index in [1.807, 2.05) is 29.7 Å². The number of H-pyrrole nitrogens is 1. The third-order valence-corrected chi connectivity index (χ3v) is 3.47. The van der Waals surface area contributed by atoms with Gasteiger partial charge in [-0.1, -0.05) is 6.92 Å². The lowest BCUT2D eigenvalue weighted by atomic mass is 10.3. The summed E-state index contributed by atoms with van der Waals surface area (Å²) in [5.41, 5.74) is 1.57. The Labute approximate surface area is 93.4 Å². The van der Waals surface area contributed by atoms with E-state index < -0.39 is 0 Å². The average Bonchev–Trinajstić information content (AvgIpc) is 2.78. The lowest BCUT2D eigenvalue weighted by molar-refractivity contribution is 0.0766. The van der Waals surface area contributed by atoms with E-state index in [4.69, 9.17) is 0 Å². The zero-order chi connectivity index (χ0) is 10.7. The summed E-state index contributed by atoms with van der Waals surface area (Å²) in [4.78, 5) is 13.8. The van der Waals surface area contributed by atoms with Crippen LogP contribution in [0.5, 0.6) is 0 Å². The minimum atomic E-state index is 0.0613. The van der Waals surface area contributed by atoms with Gasteiger partial charge in [-0.15, -0.1) is 0 Å². The van der Waals surface area contributed by atoms with Crippen molar-refractivity contribution in [2.45, 2.75) is 13.3 Å². The lowest BCUT2D eigenvalue weighted by Crippen LogP contribution is -2.38. The monoisotopic (exact) mass is 225 g/mol. The summed E-state index contributed by atoms with van der Waals surface area (Å²) in [5, 5.41) is 6.91. The van der Waals surface area contributed by atoms with Gasteiger partial charge in [0, 0.05) is 30.3 Å². The molecule has 5 heteroatoms. The number of aromatic amines is 1. The van der Waals surface area contributed by atoms with Gasteiger partial charge in [-0.25, -0.2) is 0 Å². The molecule has 1 aliphatic heterocycles. The van der Waals surface area contributed by atoms with E-state index in [1.165, 1.54) is 0 Å². The topological polar surface area (TPSA) is 49.0 Å². The van der Waals surface area contributed by atoms with Crippen LogP contribution in [0, 0.1) is 0 Å². The molecular formula is C10H15N3OS. The zero-order valence-electron chi connectivity index (χ0n) is 8.82. The van der Waals surface area contributed by atoms with Crippen molar-refractivity contribution in [2.24, 2.45) is 0 Å². The van der Waals surface area contributed by atoms with Crippen LogP contribution in [-0.2, 0) is 6.42 Å². The Bertz CT molecular complexity index is 344. The third-order valence-electron chi connectivity index (χ3n) is 2.53. The molecular weight excluding hydrogens is 210 g/mol. The number of aryl methyl sites for hydroxylation is 1. The van der Waals surface area contributed by atoms with Gasteiger partial charge >= 0.3 is 0 Å². The molecule has 1 amide bonds. The Morgan fingerprint density at radius 3 is 2.93 bits per heavy atom. The third kappa shape index (κ3) is 2.34. The summed E-state index contributed by atoms with van der Waals surface area (Å²) in [6.07, 6.45) is 0.885. The number of carbonyl (C=O) groups is 1. The van der Waals surface area contributed by atoms with Gasteiger partial charge < -0.3 is 4.90 Å². The number of nitrogens with one attached hydrogen (secondary N) is 1. The first-order valence-electron chi connectivity index (χ1n) is 5.22. The molecule has 15 heavy (non-hydrogen) atoms. The summed E-state index contributed by atoms with van der Waals surface area (Å²) in [7, 11) is 0. The smallest absolute Gasteiger partial charge is 0.274 e. The number of aromatic nitrogens is 2. The van der Waals surface area contributed by atoms with Crippen LogP contribution in [0.25, 0.3) is 0 Å². The quantitative estimate of drug-likeness (QED) is 0.821. The summed E-state index contributed by atoms with van der Waals surface area (Å²) >= 11 is 1.90. The number of thioether (sulfide) groups is 1. The molecule has 2 heterocycles. The van der Waals surface area contributed by atoms with Crippen LogP contribution < -0.4 is 0 Å². The molecule has 4 nitrogen and oxygen atoms in total. The van der Waals surface area contributed by atoms with Gasteiger partial charge in [-0.2, -0.15) is 16.9 Å². The SMILES string of the molecule is CCc1cc(C(=O)N2CCSCC2)n[nH]1. The largest absolute Gasteiger partial charge is 0.336 e. The molecule has 0 spiro atoms. The van der Waals surface area contributed by atoms with Crippen molar-refractivity contribution in [1.82, 2.24) is 15.1 Å². The highest BCUT2D eigenvalue weighted by molar-refractivity contribution is 7.99. The minimum absolute atomic E-state index is 0.0613. The van der Waals surface area contributed by atoms with E-state index in [0.29, 0.717) is 5.69 Å². The Morgan fingerprint density at radius 1 is 1.60 bits per heavy atom. The van der Waals surface area contributed by atoms with E-state index in [-0.39, 0.29) is 5.91 Å². The summed E-state index contributed by atoms with van der Waals surface area (Å²) in [5.74, 6) is 2.14. The number of hydrogen-bond acceptors (Lipinski definition) is 3.